The molecule has 3 aromatic rings. The number of hydrogen-bond donors (Lipinski definition) is 1. The van der Waals surface area contributed by atoms with Crippen molar-refractivity contribution in [2.24, 2.45) is 0 Å². The lowest BCUT2D eigenvalue weighted by atomic mass is 9.82. The molecule has 3 aromatic carbocycles. The molecule has 4 rings (SSSR count). The zero-order valence-electron chi connectivity index (χ0n) is 16.7. The third kappa shape index (κ3) is 3.83. The molecule has 0 heterocycles. The molecule has 0 amide bonds. The fraction of sp³-hybridized carbons (Fsp3) is 0.167. The van der Waals surface area contributed by atoms with Gasteiger partial charge in [0.05, 0.1) is 22.7 Å². The van der Waals surface area contributed by atoms with Crippen LogP contribution in [0.5, 0.6) is 5.75 Å². The number of benzene rings is 3. The van der Waals surface area contributed by atoms with Gasteiger partial charge >= 0.3 is 0 Å². The zero-order chi connectivity index (χ0) is 21.3. The molecule has 6 heteroatoms. The lowest BCUT2D eigenvalue weighted by Crippen LogP contribution is -2.18. The van der Waals surface area contributed by atoms with Crippen molar-refractivity contribution in [3.05, 3.63) is 100 Å². The Morgan fingerprint density at radius 1 is 1.07 bits per heavy atom. The van der Waals surface area contributed by atoms with Gasteiger partial charge in [-0.3, -0.25) is 4.72 Å². The zero-order valence-corrected chi connectivity index (χ0v) is 18.3. The number of methoxy groups -OCH3 is 1. The molecule has 1 aliphatic rings. The summed E-state index contributed by atoms with van der Waals surface area (Å²) >= 11 is 6.47. The molecule has 30 heavy (non-hydrogen) atoms. The van der Waals surface area contributed by atoms with Gasteiger partial charge in [-0.05, 0) is 42.7 Å². The number of nitrogens with one attached hydrogen (secondary N) is 1. The summed E-state index contributed by atoms with van der Waals surface area (Å²) in [5.74, 6) is 0.465. The summed E-state index contributed by atoms with van der Waals surface area (Å²) in [4.78, 5) is 0.205. The van der Waals surface area contributed by atoms with E-state index in [2.05, 4.69) is 16.9 Å². The van der Waals surface area contributed by atoms with Gasteiger partial charge in [0.2, 0.25) is 0 Å². The number of fused-ring (bicyclic) bond motifs is 1. The van der Waals surface area contributed by atoms with Crippen molar-refractivity contribution in [2.75, 3.05) is 11.8 Å². The van der Waals surface area contributed by atoms with Gasteiger partial charge in [0.25, 0.3) is 10.0 Å². The monoisotopic (exact) mass is 439 g/mol. The van der Waals surface area contributed by atoms with E-state index in [1.807, 2.05) is 37.3 Å². The Balaban J connectivity index is 1.87. The standard InChI is InChI=1S/C24H22ClNO3S/c1-16-11-13-18(14-12-16)30(27,28)26-22-15-21(25)24(29-2)20-10-6-9-19(23(20)22)17-7-4-3-5-8-17/h3-9,11-15,19,26H,10H2,1-2H3. The number of hydrogen-bond acceptors (Lipinski definition) is 3. The Morgan fingerprint density at radius 3 is 2.43 bits per heavy atom. The van der Waals surface area contributed by atoms with Crippen LogP contribution in [0.2, 0.25) is 5.02 Å². The van der Waals surface area contributed by atoms with Crippen molar-refractivity contribution in [1.82, 2.24) is 0 Å². The highest BCUT2D eigenvalue weighted by Gasteiger charge is 2.28. The second kappa shape index (κ2) is 8.17. The van der Waals surface area contributed by atoms with Gasteiger partial charge in [-0.2, -0.15) is 0 Å². The van der Waals surface area contributed by atoms with E-state index in [0.717, 1.165) is 22.3 Å². The largest absolute Gasteiger partial charge is 0.495 e. The van der Waals surface area contributed by atoms with E-state index < -0.39 is 10.0 Å². The van der Waals surface area contributed by atoms with Crippen molar-refractivity contribution >= 4 is 27.3 Å². The lowest BCUT2D eigenvalue weighted by Gasteiger charge is -2.27. The highest BCUT2D eigenvalue weighted by molar-refractivity contribution is 7.92. The minimum absolute atomic E-state index is 0.114. The summed E-state index contributed by atoms with van der Waals surface area (Å²) in [5.41, 5.74) is 4.28. The second-order valence-corrected chi connectivity index (χ2v) is 9.36. The molecule has 1 atom stereocenters. The summed E-state index contributed by atoms with van der Waals surface area (Å²) in [6, 6.07) is 18.4. The predicted octanol–water partition coefficient (Wildman–Crippen LogP) is 5.70. The molecule has 0 radical (unpaired) electrons. The minimum Gasteiger partial charge on any atom is -0.495 e. The molecule has 1 unspecified atom stereocenters. The molecule has 0 spiro atoms. The summed E-state index contributed by atoms with van der Waals surface area (Å²) in [6.07, 6.45) is 4.77. The maximum absolute atomic E-state index is 13.1. The van der Waals surface area contributed by atoms with Gasteiger partial charge in [-0.1, -0.05) is 71.8 Å². The summed E-state index contributed by atoms with van der Waals surface area (Å²) in [7, 11) is -2.20. The van der Waals surface area contributed by atoms with Crippen molar-refractivity contribution in [1.29, 1.82) is 0 Å². The average molecular weight is 440 g/mol. The van der Waals surface area contributed by atoms with E-state index in [1.54, 1.807) is 37.4 Å². The SMILES string of the molecule is COc1c(Cl)cc(NS(=O)(=O)c2ccc(C)cc2)c2c1CC=CC2c1ccccc1. The topological polar surface area (TPSA) is 55.4 Å². The Bertz CT molecular complexity index is 1200. The lowest BCUT2D eigenvalue weighted by molar-refractivity contribution is 0.410. The maximum Gasteiger partial charge on any atom is 0.261 e. The first-order valence-electron chi connectivity index (χ1n) is 9.61. The highest BCUT2D eigenvalue weighted by atomic mass is 35.5. The molecule has 1 N–H and O–H groups in total. The van der Waals surface area contributed by atoms with Crippen molar-refractivity contribution in [3.8, 4) is 5.75 Å². The van der Waals surface area contributed by atoms with Crippen LogP contribution in [0.3, 0.4) is 0 Å². The Kier molecular flexibility index (Phi) is 5.58. The summed E-state index contributed by atoms with van der Waals surface area (Å²) in [5, 5.41) is 0.375. The predicted molar refractivity (Wildman–Crippen MR) is 121 cm³/mol. The van der Waals surface area contributed by atoms with Crippen LogP contribution >= 0.6 is 11.6 Å². The molecule has 0 aromatic heterocycles. The number of allylic oxidation sites excluding steroid dienone is 2. The van der Waals surface area contributed by atoms with E-state index in [1.165, 1.54) is 0 Å². The number of rotatable bonds is 5. The maximum atomic E-state index is 13.1. The highest BCUT2D eigenvalue weighted by Crippen LogP contribution is 2.45. The van der Waals surface area contributed by atoms with Crippen LogP contribution in [0.1, 0.15) is 28.2 Å². The molecule has 154 valence electrons. The van der Waals surface area contributed by atoms with Crippen molar-refractivity contribution in [2.45, 2.75) is 24.2 Å². The van der Waals surface area contributed by atoms with Crippen LogP contribution < -0.4 is 9.46 Å². The first kappa shape index (κ1) is 20.5. The number of ether oxygens (including phenoxy) is 1. The molecule has 1 aliphatic carbocycles. The molecule has 4 nitrogen and oxygen atoms in total. The Hall–Kier alpha value is -2.76. The quantitative estimate of drug-likeness (QED) is 0.518. The minimum atomic E-state index is -3.78. The number of aryl methyl sites for hydroxylation is 1. The van der Waals surface area contributed by atoms with Crippen LogP contribution in [0.4, 0.5) is 5.69 Å². The number of halogens is 1. The first-order valence-corrected chi connectivity index (χ1v) is 11.5. The smallest absolute Gasteiger partial charge is 0.261 e. The number of sulfonamides is 1. The first-order chi connectivity index (χ1) is 14.4. The van der Waals surface area contributed by atoms with E-state index in [-0.39, 0.29) is 10.8 Å². The van der Waals surface area contributed by atoms with Gasteiger partial charge in [0.1, 0.15) is 5.75 Å². The normalized spacial score (nSPS) is 15.5. The molecule has 0 bridgehead atoms. The van der Waals surface area contributed by atoms with Crippen LogP contribution in [-0.4, -0.2) is 15.5 Å². The average Bonchev–Trinajstić information content (AvgIpc) is 2.74. The van der Waals surface area contributed by atoms with Crippen molar-refractivity contribution < 1.29 is 13.2 Å². The molecule has 0 saturated carbocycles. The van der Waals surface area contributed by atoms with Crippen LogP contribution in [0.15, 0.2) is 77.7 Å². The fourth-order valence-electron chi connectivity index (χ4n) is 3.84. The van der Waals surface area contributed by atoms with E-state index in [4.69, 9.17) is 16.3 Å². The third-order valence-corrected chi connectivity index (χ3v) is 6.94. The molecule has 0 aliphatic heterocycles. The molecular formula is C24H22ClNO3S. The van der Waals surface area contributed by atoms with Crippen LogP contribution in [-0.2, 0) is 16.4 Å². The number of anilines is 1. The molecule has 0 fully saturated rings. The van der Waals surface area contributed by atoms with Gasteiger partial charge < -0.3 is 4.74 Å². The Morgan fingerprint density at radius 2 is 1.77 bits per heavy atom. The summed E-state index contributed by atoms with van der Waals surface area (Å²) in [6.45, 7) is 1.92. The van der Waals surface area contributed by atoms with E-state index in [9.17, 15) is 8.42 Å². The molecule has 0 saturated heterocycles. The van der Waals surface area contributed by atoms with Gasteiger partial charge in [-0.15, -0.1) is 0 Å². The fourth-order valence-corrected chi connectivity index (χ4v) is 5.21. The van der Waals surface area contributed by atoms with Gasteiger partial charge in [-0.25, -0.2) is 8.42 Å². The Labute approximate surface area is 182 Å². The van der Waals surface area contributed by atoms with Crippen LogP contribution in [0.25, 0.3) is 0 Å². The van der Waals surface area contributed by atoms with Crippen molar-refractivity contribution in [3.63, 3.8) is 0 Å². The van der Waals surface area contributed by atoms with Gasteiger partial charge in [0, 0.05) is 11.5 Å². The van der Waals surface area contributed by atoms with Gasteiger partial charge in [0.15, 0.2) is 0 Å². The van der Waals surface area contributed by atoms with E-state index in [0.29, 0.717) is 22.9 Å². The molecular weight excluding hydrogens is 418 g/mol. The van der Waals surface area contributed by atoms with Crippen LogP contribution in [0, 0.1) is 6.92 Å². The van der Waals surface area contributed by atoms with E-state index >= 15 is 0 Å². The second-order valence-electron chi connectivity index (χ2n) is 7.27. The third-order valence-electron chi connectivity index (χ3n) is 5.28. The summed E-state index contributed by atoms with van der Waals surface area (Å²) < 4.78 is 34.5.